The van der Waals surface area contributed by atoms with Gasteiger partial charge < -0.3 is 9.88 Å². The molecule has 0 saturated carbocycles. The van der Waals surface area contributed by atoms with Crippen molar-refractivity contribution in [2.75, 3.05) is 26.4 Å². The second-order valence-electron chi connectivity index (χ2n) is 6.36. The van der Waals surface area contributed by atoms with E-state index in [-0.39, 0.29) is 0 Å². The third-order valence-electron chi connectivity index (χ3n) is 4.35. The molecule has 1 aromatic heterocycles. The van der Waals surface area contributed by atoms with Gasteiger partial charge in [0.1, 0.15) is 0 Å². The molecule has 0 amide bonds. The van der Waals surface area contributed by atoms with Gasteiger partial charge in [0.15, 0.2) is 0 Å². The second-order valence-corrected chi connectivity index (χ2v) is 7.74. The van der Waals surface area contributed by atoms with Crippen LogP contribution >= 0.6 is 11.8 Å². The van der Waals surface area contributed by atoms with Crippen LogP contribution in [0.15, 0.2) is 54.6 Å². The molecule has 24 heavy (non-hydrogen) atoms. The minimum Gasteiger partial charge on any atom is -0.357 e. The molecule has 1 heterocycles. The number of nitrogens with one attached hydrogen (secondary N) is 1. The molecule has 0 fully saturated rings. The Balaban J connectivity index is 2.09. The van der Waals surface area contributed by atoms with Crippen LogP contribution in [0.25, 0.3) is 10.9 Å². The molecule has 0 aliphatic rings. The van der Waals surface area contributed by atoms with Crippen LogP contribution in [-0.4, -0.2) is 36.3 Å². The first-order valence-electron chi connectivity index (χ1n) is 8.61. The fraction of sp³-hybridized carbons (Fsp3) is 0.333. The molecule has 0 radical (unpaired) electrons. The van der Waals surface area contributed by atoms with Crippen molar-refractivity contribution in [3.05, 3.63) is 71.4 Å². The van der Waals surface area contributed by atoms with Crippen LogP contribution in [0.4, 0.5) is 0 Å². The third kappa shape index (κ3) is 3.68. The summed E-state index contributed by atoms with van der Waals surface area (Å²) >= 11 is 2.00. The first kappa shape index (κ1) is 17.1. The summed E-state index contributed by atoms with van der Waals surface area (Å²) in [4.78, 5) is 5.99. The standard InChI is InChI=1S/C21H26N2S/c1-4-24-21(16-10-6-5-7-11-16)20-18(14-15-23(2)3)17-12-8-9-13-19(17)22-20/h5-13,21-22H,4,14-15H2,1-3H3/t21-/m1/s1. The highest BCUT2D eigenvalue weighted by Crippen LogP contribution is 2.39. The maximum Gasteiger partial charge on any atom is 0.0700 e. The molecule has 2 aromatic carbocycles. The van der Waals surface area contributed by atoms with Gasteiger partial charge in [-0.25, -0.2) is 0 Å². The minimum atomic E-state index is 0.362. The fourth-order valence-corrected chi connectivity index (χ4v) is 4.24. The van der Waals surface area contributed by atoms with Crippen LogP contribution in [0, 0.1) is 0 Å². The monoisotopic (exact) mass is 338 g/mol. The summed E-state index contributed by atoms with van der Waals surface area (Å²) in [7, 11) is 4.29. The van der Waals surface area contributed by atoms with Crippen LogP contribution in [0.3, 0.4) is 0 Å². The predicted octanol–water partition coefficient (Wildman–Crippen LogP) is 5.11. The van der Waals surface area contributed by atoms with E-state index in [1.165, 1.54) is 27.7 Å². The van der Waals surface area contributed by atoms with E-state index in [1.807, 2.05) is 11.8 Å². The molecule has 2 nitrogen and oxygen atoms in total. The number of H-pyrrole nitrogens is 1. The number of nitrogens with zero attached hydrogens (tertiary/aromatic N) is 1. The number of aromatic nitrogens is 1. The van der Waals surface area contributed by atoms with Gasteiger partial charge >= 0.3 is 0 Å². The summed E-state index contributed by atoms with van der Waals surface area (Å²) < 4.78 is 0. The van der Waals surface area contributed by atoms with Crippen molar-refractivity contribution in [3.8, 4) is 0 Å². The molecule has 0 bridgehead atoms. The lowest BCUT2D eigenvalue weighted by Gasteiger charge is -2.18. The zero-order chi connectivity index (χ0) is 16.9. The number of hydrogen-bond acceptors (Lipinski definition) is 2. The summed E-state index contributed by atoms with van der Waals surface area (Å²) in [6.07, 6.45) is 1.07. The van der Waals surface area contributed by atoms with E-state index in [0.717, 1.165) is 18.7 Å². The highest BCUT2D eigenvalue weighted by molar-refractivity contribution is 7.99. The highest BCUT2D eigenvalue weighted by Gasteiger charge is 2.21. The number of likely N-dealkylation sites (N-methyl/N-ethyl adjacent to an activating group) is 1. The van der Waals surface area contributed by atoms with Crippen molar-refractivity contribution in [2.24, 2.45) is 0 Å². The Bertz CT molecular complexity index is 777. The van der Waals surface area contributed by atoms with Crippen molar-refractivity contribution in [3.63, 3.8) is 0 Å². The molecule has 0 aliphatic heterocycles. The van der Waals surface area contributed by atoms with Gasteiger partial charge in [-0.2, -0.15) is 0 Å². The van der Waals surface area contributed by atoms with Gasteiger partial charge in [-0.1, -0.05) is 55.5 Å². The number of fused-ring (bicyclic) bond motifs is 1. The largest absolute Gasteiger partial charge is 0.357 e. The number of para-hydroxylation sites is 1. The maximum atomic E-state index is 3.73. The molecule has 0 saturated heterocycles. The molecule has 3 aromatic rings. The van der Waals surface area contributed by atoms with Crippen molar-refractivity contribution in [1.29, 1.82) is 0 Å². The van der Waals surface area contributed by atoms with Gasteiger partial charge in [-0.3, -0.25) is 0 Å². The predicted molar refractivity (Wildman–Crippen MR) is 107 cm³/mol. The fourth-order valence-electron chi connectivity index (χ4n) is 3.19. The molecule has 0 spiro atoms. The van der Waals surface area contributed by atoms with E-state index in [0.29, 0.717) is 5.25 Å². The number of hydrogen-bond donors (Lipinski definition) is 1. The van der Waals surface area contributed by atoms with E-state index in [9.17, 15) is 0 Å². The molecule has 0 aliphatic carbocycles. The third-order valence-corrected chi connectivity index (χ3v) is 5.53. The van der Waals surface area contributed by atoms with Gasteiger partial charge in [-0.15, -0.1) is 11.8 Å². The van der Waals surface area contributed by atoms with E-state index in [2.05, 4.69) is 85.5 Å². The Kier molecular flexibility index (Phi) is 5.64. The SMILES string of the molecule is CCS[C@H](c1ccccc1)c1[nH]c2ccccc2c1CCN(C)C. The Morgan fingerprint density at radius 3 is 2.42 bits per heavy atom. The summed E-state index contributed by atoms with van der Waals surface area (Å²) in [5.41, 5.74) is 5.46. The summed E-state index contributed by atoms with van der Waals surface area (Å²) in [6, 6.07) is 19.6. The molecule has 1 atom stereocenters. The molecule has 0 unspecified atom stereocenters. The van der Waals surface area contributed by atoms with Gasteiger partial charge in [-0.05, 0) is 43.5 Å². The van der Waals surface area contributed by atoms with Gasteiger partial charge in [0.25, 0.3) is 0 Å². The Morgan fingerprint density at radius 1 is 1.00 bits per heavy atom. The van der Waals surface area contributed by atoms with Gasteiger partial charge in [0.05, 0.1) is 5.25 Å². The Labute approximate surface area is 149 Å². The lowest BCUT2D eigenvalue weighted by molar-refractivity contribution is 0.413. The zero-order valence-corrected chi connectivity index (χ0v) is 15.6. The molecule has 1 N–H and O–H groups in total. The molecule has 3 rings (SSSR count). The zero-order valence-electron chi connectivity index (χ0n) is 14.8. The van der Waals surface area contributed by atoms with E-state index < -0.39 is 0 Å². The van der Waals surface area contributed by atoms with Crippen molar-refractivity contribution >= 4 is 22.7 Å². The number of benzene rings is 2. The lowest BCUT2D eigenvalue weighted by Crippen LogP contribution is -2.16. The van der Waals surface area contributed by atoms with Crippen LogP contribution in [0.5, 0.6) is 0 Å². The van der Waals surface area contributed by atoms with Crippen LogP contribution in [-0.2, 0) is 6.42 Å². The number of rotatable bonds is 7. The molecular formula is C21H26N2S. The summed E-state index contributed by atoms with van der Waals surface area (Å²) in [5, 5.41) is 1.73. The van der Waals surface area contributed by atoms with Gasteiger partial charge in [0.2, 0.25) is 0 Å². The summed E-state index contributed by atoms with van der Waals surface area (Å²) in [5.74, 6) is 1.10. The smallest absolute Gasteiger partial charge is 0.0700 e. The first-order chi connectivity index (χ1) is 11.7. The normalized spacial score (nSPS) is 12.8. The maximum absolute atomic E-state index is 3.73. The lowest BCUT2D eigenvalue weighted by atomic mass is 10.0. The topological polar surface area (TPSA) is 19.0 Å². The van der Waals surface area contributed by atoms with Crippen LogP contribution < -0.4 is 0 Å². The van der Waals surface area contributed by atoms with Crippen molar-refractivity contribution in [2.45, 2.75) is 18.6 Å². The minimum absolute atomic E-state index is 0.362. The van der Waals surface area contributed by atoms with E-state index >= 15 is 0 Å². The number of aromatic amines is 1. The van der Waals surface area contributed by atoms with Gasteiger partial charge in [0, 0.05) is 23.1 Å². The average molecular weight is 339 g/mol. The van der Waals surface area contributed by atoms with Crippen LogP contribution in [0.1, 0.15) is 29.0 Å². The van der Waals surface area contributed by atoms with Crippen molar-refractivity contribution in [1.82, 2.24) is 9.88 Å². The average Bonchev–Trinajstić information content (AvgIpc) is 2.97. The molecule has 126 valence electrons. The molecule has 3 heteroatoms. The van der Waals surface area contributed by atoms with E-state index in [4.69, 9.17) is 0 Å². The Morgan fingerprint density at radius 2 is 1.71 bits per heavy atom. The Hall–Kier alpha value is -1.71. The molecular weight excluding hydrogens is 312 g/mol. The number of thioether (sulfide) groups is 1. The second kappa shape index (κ2) is 7.91. The van der Waals surface area contributed by atoms with E-state index in [1.54, 1.807) is 0 Å². The summed E-state index contributed by atoms with van der Waals surface area (Å²) in [6.45, 7) is 3.30. The van der Waals surface area contributed by atoms with Crippen LogP contribution in [0.2, 0.25) is 0 Å². The quantitative estimate of drug-likeness (QED) is 0.645. The van der Waals surface area contributed by atoms with Crippen molar-refractivity contribution < 1.29 is 0 Å². The first-order valence-corrected chi connectivity index (χ1v) is 9.66. The highest BCUT2D eigenvalue weighted by atomic mass is 32.2.